The molecule has 0 radical (unpaired) electrons. The van der Waals surface area contributed by atoms with Gasteiger partial charge in [0.2, 0.25) is 0 Å². The van der Waals surface area contributed by atoms with Crippen molar-refractivity contribution < 1.29 is 4.52 Å². The SMILES string of the molecule is CCNC(=NCc1cc(-c2ccccc2)on1)NC1CC=CC1. The van der Waals surface area contributed by atoms with Crippen LogP contribution in [-0.4, -0.2) is 23.7 Å². The van der Waals surface area contributed by atoms with E-state index in [0.717, 1.165) is 42.4 Å². The number of aliphatic imine (C=N–C) groups is 1. The second-order valence-corrected chi connectivity index (χ2v) is 5.53. The van der Waals surface area contributed by atoms with Crippen molar-refractivity contribution in [2.24, 2.45) is 4.99 Å². The Bertz CT molecular complexity index is 667. The number of nitrogens with one attached hydrogen (secondary N) is 2. The molecular formula is C18H22N4O. The molecule has 0 spiro atoms. The zero-order chi connectivity index (χ0) is 15.9. The summed E-state index contributed by atoms with van der Waals surface area (Å²) in [6.07, 6.45) is 6.50. The molecule has 0 atom stereocenters. The zero-order valence-electron chi connectivity index (χ0n) is 13.3. The molecule has 0 aliphatic heterocycles. The first-order chi connectivity index (χ1) is 11.3. The minimum Gasteiger partial charge on any atom is -0.357 e. The van der Waals surface area contributed by atoms with Crippen LogP contribution >= 0.6 is 0 Å². The van der Waals surface area contributed by atoms with Crippen LogP contribution in [0.1, 0.15) is 25.5 Å². The molecule has 0 amide bonds. The van der Waals surface area contributed by atoms with Crippen LogP contribution in [-0.2, 0) is 6.54 Å². The number of benzene rings is 1. The van der Waals surface area contributed by atoms with Gasteiger partial charge in [0.05, 0.1) is 6.54 Å². The summed E-state index contributed by atoms with van der Waals surface area (Å²) in [7, 11) is 0. The number of hydrogen-bond acceptors (Lipinski definition) is 3. The summed E-state index contributed by atoms with van der Waals surface area (Å²) in [6, 6.07) is 12.3. The highest BCUT2D eigenvalue weighted by atomic mass is 16.5. The van der Waals surface area contributed by atoms with Crippen molar-refractivity contribution in [3.8, 4) is 11.3 Å². The van der Waals surface area contributed by atoms with Crippen LogP contribution in [0.5, 0.6) is 0 Å². The fourth-order valence-corrected chi connectivity index (χ4v) is 2.53. The van der Waals surface area contributed by atoms with Gasteiger partial charge in [-0.15, -0.1) is 0 Å². The second kappa shape index (κ2) is 7.63. The topological polar surface area (TPSA) is 62.5 Å². The van der Waals surface area contributed by atoms with Crippen molar-refractivity contribution in [3.63, 3.8) is 0 Å². The molecule has 2 aromatic rings. The lowest BCUT2D eigenvalue weighted by atomic mass is 10.2. The Balaban J connectivity index is 1.64. The molecule has 5 heteroatoms. The Morgan fingerprint density at radius 2 is 2.04 bits per heavy atom. The van der Waals surface area contributed by atoms with E-state index in [0.29, 0.717) is 12.6 Å². The lowest BCUT2D eigenvalue weighted by Crippen LogP contribution is -2.42. The van der Waals surface area contributed by atoms with Crippen LogP contribution < -0.4 is 10.6 Å². The lowest BCUT2D eigenvalue weighted by molar-refractivity contribution is 0.424. The van der Waals surface area contributed by atoms with Crippen LogP contribution in [0.4, 0.5) is 0 Å². The van der Waals surface area contributed by atoms with Crippen molar-refractivity contribution in [1.82, 2.24) is 15.8 Å². The number of hydrogen-bond donors (Lipinski definition) is 2. The Kier molecular flexibility index (Phi) is 5.09. The highest BCUT2D eigenvalue weighted by Crippen LogP contribution is 2.20. The maximum absolute atomic E-state index is 5.41. The van der Waals surface area contributed by atoms with Gasteiger partial charge in [0.25, 0.3) is 0 Å². The Morgan fingerprint density at radius 3 is 2.78 bits per heavy atom. The van der Waals surface area contributed by atoms with Gasteiger partial charge in [-0.25, -0.2) is 4.99 Å². The first-order valence-electron chi connectivity index (χ1n) is 8.06. The van der Waals surface area contributed by atoms with E-state index in [1.54, 1.807) is 0 Å². The Labute approximate surface area is 136 Å². The minimum atomic E-state index is 0.435. The molecular weight excluding hydrogens is 288 g/mol. The van der Waals surface area contributed by atoms with Gasteiger partial charge in [-0.05, 0) is 19.8 Å². The van der Waals surface area contributed by atoms with E-state index in [1.165, 1.54) is 0 Å². The molecule has 120 valence electrons. The van der Waals surface area contributed by atoms with Crippen LogP contribution in [0.2, 0.25) is 0 Å². The van der Waals surface area contributed by atoms with E-state index in [4.69, 9.17) is 4.52 Å². The number of rotatable bonds is 5. The van der Waals surface area contributed by atoms with E-state index in [-0.39, 0.29) is 0 Å². The van der Waals surface area contributed by atoms with Crippen molar-refractivity contribution >= 4 is 5.96 Å². The van der Waals surface area contributed by atoms with Crippen molar-refractivity contribution in [2.75, 3.05) is 6.54 Å². The van der Waals surface area contributed by atoms with Gasteiger partial charge < -0.3 is 15.2 Å². The molecule has 0 saturated carbocycles. The largest absolute Gasteiger partial charge is 0.357 e. The van der Waals surface area contributed by atoms with Crippen LogP contribution in [0.25, 0.3) is 11.3 Å². The highest BCUT2D eigenvalue weighted by Gasteiger charge is 2.12. The molecule has 3 rings (SSSR count). The Morgan fingerprint density at radius 1 is 1.26 bits per heavy atom. The molecule has 1 aliphatic rings. The second-order valence-electron chi connectivity index (χ2n) is 5.53. The molecule has 0 bridgehead atoms. The normalized spacial score (nSPS) is 15.1. The zero-order valence-corrected chi connectivity index (χ0v) is 13.3. The lowest BCUT2D eigenvalue weighted by Gasteiger charge is -2.16. The van der Waals surface area contributed by atoms with E-state index in [2.05, 4.69) is 39.9 Å². The van der Waals surface area contributed by atoms with Gasteiger partial charge >= 0.3 is 0 Å². The van der Waals surface area contributed by atoms with Gasteiger partial charge in [-0.1, -0.05) is 47.6 Å². The standard InChI is InChI=1S/C18H22N4O/c1-2-19-18(21-15-10-6-7-11-15)20-13-16-12-17(23-22-16)14-8-4-3-5-9-14/h3-9,12,15H,2,10-11,13H2,1H3,(H2,19,20,21). The third-order valence-electron chi connectivity index (χ3n) is 3.71. The van der Waals surface area contributed by atoms with Crippen molar-refractivity contribution in [2.45, 2.75) is 32.4 Å². The molecule has 0 unspecified atom stereocenters. The molecule has 1 aliphatic carbocycles. The number of nitrogens with zero attached hydrogens (tertiary/aromatic N) is 2. The first kappa shape index (κ1) is 15.3. The van der Waals surface area contributed by atoms with Gasteiger partial charge in [0, 0.05) is 24.2 Å². The third-order valence-corrected chi connectivity index (χ3v) is 3.71. The first-order valence-corrected chi connectivity index (χ1v) is 8.06. The monoisotopic (exact) mass is 310 g/mol. The van der Waals surface area contributed by atoms with E-state index in [9.17, 15) is 0 Å². The van der Waals surface area contributed by atoms with Crippen molar-refractivity contribution in [3.05, 3.63) is 54.2 Å². The molecule has 1 heterocycles. The third kappa shape index (κ3) is 4.22. The predicted molar refractivity (Wildman–Crippen MR) is 92.1 cm³/mol. The van der Waals surface area contributed by atoms with Gasteiger partial charge in [0.15, 0.2) is 11.7 Å². The summed E-state index contributed by atoms with van der Waals surface area (Å²) >= 11 is 0. The van der Waals surface area contributed by atoms with E-state index < -0.39 is 0 Å². The maximum Gasteiger partial charge on any atom is 0.191 e. The van der Waals surface area contributed by atoms with Crippen molar-refractivity contribution in [1.29, 1.82) is 0 Å². The predicted octanol–water partition coefficient (Wildman–Crippen LogP) is 3.12. The molecule has 2 N–H and O–H groups in total. The average Bonchev–Trinajstić information content (AvgIpc) is 3.25. The summed E-state index contributed by atoms with van der Waals surface area (Å²) in [5.74, 6) is 1.60. The van der Waals surface area contributed by atoms with E-state index in [1.807, 2.05) is 36.4 Å². The minimum absolute atomic E-state index is 0.435. The smallest absolute Gasteiger partial charge is 0.191 e. The fourth-order valence-electron chi connectivity index (χ4n) is 2.53. The quantitative estimate of drug-likeness (QED) is 0.506. The van der Waals surface area contributed by atoms with Crippen LogP contribution in [0.15, 0.2) is 58.1 Å². The fraction of sp³-hybridized carbons (Fsp3) is 0.333. The maximum atomic E-state index is 5.41. The van der Waals surface area contributed by atoms with Crippen LogP contribution in [0, 0.1) is 0 Å². The number of aromatic nitrogens is 1. The summed E-state index contributed by atoms with van der Waals surface area (Å²) in [5, 5.41) is 10.8. The van der Waals surface area contributed by atoms with E-state index >= 15 is 0 Å². The van der Waals surface area contributed by atoms with Gasteiger partial charge in [0.1, 0.15) is 5.69 Å². The molecule has 1 aromatic carbocycles. The molecule has 0 fully saturated rings. The summed E-state index contributed by atoms with van der Waals surface area (Å²) in [4.78, 5) is 4.60. The highest BCUT2D eigenvalue weighted by molar-refractivity contribution is 5.80. The van der Waals surface area contributed by atoms with Gasteiger partial charge in [-0.3, -0.25) is 0 Å². The molecule has 1 aromatic heterocycles. The molecule has 23 heavy (non-hydrogen) atoms. The molecule has 0 saturated heterocycles. The van der Waals surface area contributed by atoms with Gasteiger partial charge in [-0.2, -0.15) is 0 Å². The number of guanidine groups is 1. The summed E-state index contributed by atoms with van der Waals surface area (Å²) in [6.45, 7) is 3.39. The summed E-state index contributed by atoms with van der Waals surface area (Å²) in [5.41, 5.74) is 1.85. The molecule has 5 nitrogen and oxygen atoms in total. The van der Waals surface area contributed by atoms with Crippen LogP contribution in [0.3, 0.4) is 0 Å². The summed E-state index contributed by atoms with van der Waals surface area (Å²) < 4.78 is 5.41. The Hall–Kier alpha value is -2.56. The average molecular weight is 310 g/mol.